The fourth-order valence-electron chi connectivity index (χ4n) is 1.91. The van der Waals surface area contributed by atoms with Crippen LogP contribution >= 0.6 is 0 Å². The Bertz CT molecular complexity index is 462. The quantitative estimate of drug-likeness (QED) is 0.766. The maximum absolute atomic E-state index is 13.5. The molecule has 0 radical (unpaired) electrons. The topological polar surface area (TPSA) is 58.2 Å². The van der Waals surface area contributed by atoms with E-state index in [9.17, 15) is 14.0 Å². The van der Waals surface area contributed by atoms with Gasteiger partial charge in [0, 0.05) is 11.6 Å². The average Bonchev–Trinajstić information content (AvgIpc) is 2.58. The average molecular weight is 236 g/mol. The van der Waals surface area contributed by atoms with Crippen LogP contribution in [-0.4, -0.2) is 17.9 Å². The zero-order valence-electron chi connectivity index (χ0n) is 9.37. The van der Waals surface area contributed by atoms with Crippen molar-refractivity contribution in [3.8, 4) is 0 Å². The molecule has 2 N–H and O–H groups in total. The molecule has 2 rings (SSSR count). The van der Waals surface area contributed by atoms with Crippen LogP contribution in [0.1, 0.15) is 24.9 Å². The minimum atomic E-state index is -0.572. The minimum Gasteiger partial charge on any atom is -0.299 e. The molecule has 1 aliphatic heterocycles. The second-order valence-corrected chi connectivity index (χ2v) is 4.08. The van der Waals surface area contributed by atoms with Gasteiger partial charge in [-0.05, 0) is 13.0 Å². The summed E-state index contributed by atoms with van der Waals surface area (Å²) < 4.78 is 13.5. The van der Waals surface area contributed by atoms with Crippen LogP contribution in [0.3, 0.4) is 0 Å². The van der Waals surface area contributed by atoms with Gasteiger partial charge >= 0.3 is 0 Å². The van der Waals surface area contributed by atoms with E-state index in [4.69, 9.17) is 0 Å². The molecule has 1 saturated heterocycles. The maximum atomic E-state index is 13.5. The molecule has 1 aliphatic rings. The van der Waals surface area contributed by atoms with Gasteiger partial charge in [-0.25, -0.2) is 4.39 Å². The van der Waals surface area contributed by atoms with Crippen molar-refractivity contribution < 1.29 is 14.0 Å². The molecular formula is C12H13FN2O2. The van der Waals surface area contributed by atoms with Crippen LogP contribution in [0.2, 0.25) is 0 Å². The van der Waals surface area contributed by atoms with Gasteiger partial charge in [0.2, 0.25) is 11.8 Å². The molecule has 0 spiro atoms. The van der Waals surface area contributed by atoms with Crippen LogP contribution in [0.5, 0.6) is 0 Å². The molecule has 5 heteroatoms. The summed E-state index contributed by atoms with van der Waals surface area (Å²) in [6.45, 7) is 1.76. The highest BCUT2D eigenvalue weighted by atomic mass is 19.1. The van der Waals surface area contributed by atoms with E-state index in [2.05, 4.69) is 10.6 Å². The molecule has 90 valence electrons. The van der Waals surface area contributed by atoms with Gasteiger partial charge < -0.3 is 0 Å². The van der Waals surface area contributed by atoms with Gasteiger partial charge in [0.15, 0.2) is 0 Å². The molecule has 1 heterocycles. The summed E-state index contributed by atoms with van der Waals surface area (Å²) in [5.74, 6) is -0.969. The number of hydrogen-bond acceptors (Lipinski definition) is 3. The smallest absolute Gasteiger partial charge is 0.244 e. The van der Waals surface area contributed by atoms with Gasteiger partial charge in [0.05, 0.1) is 12.5 Å². The molecule has 2 atom stereocenters. The third-order valence-corrected chi connectivity index (χ3v) is 2.79. The molecular weight excluding hydrogens is 223 g/mol. The lowest BCUT2D eigenvalue weighted by atomic mass is 10.1. The summed E-state index contributed by atoms with van der Waals surface area (Å²) in [5.41, 5.74) is 0.486. The van der Waals surface area contributed by atoms with Crippen LogP contribution in [0.15, 0.2) is 24.3 Å². The van der Waals surface area contributed by atoms with E-state index in [1.165, 1.54) is 6.07 Å². The molecule has 1 aromatic carbocycles. The van der Waals surface area contributed by atoms with E-state index >= 15 is 0 Å². The SMILES string of the molecule is CC(NC1CC(=O)NC1=O)c1ccccc1F. The highest BCUT2D eigenvalue weighted by Gasteiger charge is 2.31. The standard InChI is InChI=1S/C12H13FN2O2/c1-7(8-4-2-3-5-9(8)13)14-10-6-11(16)15-12(10)17/h2-5,7,10,14H,6H2,1H3,(H,15,16,17). The largest absolute Gasteiger partial charge is 0.299 e. The van der Waals surface area contributed by atoms with E-state index in [-0.39, 0.29) is 30.1 Å². The highest BCUT2D eigenvalue weighted by Crippen LogP contribution is 2.18. The number of hydrogen-bond donors (Lipinski definition) is 2. The van der Waals surface area contributed by atoms with Gasteiger partial charge in [0.1, 0.15) is 5.82 Å². The third kappa shape index (κ3) is 2.50. The maximum Gasteiger partial charge on any atom is 0.244 e. The van der Waals surface area contributed by atoms with E-state index in [0.717, 1.165) is 0 Å². The van der Waals surface area contributed by atoms with Crippen molar-refractivity contribution in [2.45, 2.75) is 25.4 Å². The third-order valence-electron chi connectivity index (χ3n) is 2.79. The van der Waals surface area contributed by atoms with Crippen LogP contribution in [-0.2, 0) is 9.59 Å². The fourth-order valence-corrected chi connectivity index (χ4v) is 1.91. The van der Waals surface area contributed by atoms with Crippen molar-refractivity contribution in [2.75, 3.05) is 0 Å². The Morgan fingerprint density at radius 2 is 2.12 bits per heavy atom. The van der Waals surface area contributed by atoms with Gasteiger partial charge in [0.25, 0.3) is 0 Å². The zero-order chi connectivity index (χ0) is 12.4. The number of carbonyl (C=O) groups is 2. The lowest BCUT2D eigenvalue weighted by Gasteiger charge is -2.17. The Hall–Kier alpha value is -1.75. The molecule has 1 fully saturated rings. The lowest BCUT2D eigenvalue weighted by molar-refractivity contribution is -0.125. The summed E-state index contributed by atoms with van der Waals surface area (Å²) >= 11 is 0. The number of rotatable bonds is 3. The Morgan fingerprint density at radius 3 is 2.71 bits per heavy atom. The van der Waals surface area contributed by atoms with Crippen LogP contribution < -0.4 is 10.6 Å². The second-order valence-electron chi connectivity index (χ2n) is 4.08. The Kier molecular flexibility index (Phi) is 3.19. The van der Waals surface area contributed by atoms with E-state index in [1.54, 1.807) is 25.1 Å². The van der Waals surface area contributed by atoms with Crippen molar-refractivity contribution in [2.24, 2.45) is 0 Å². The molecule has 2 unspecified atom stereocenters. The van der Waals surface area contributed by atoms with Gasteiger partial charge in [-0.2, -0.15) is 0 Å². The Labute approximate surface area is 98.2 Å². The van der Waals surface area contributed by atoms with Crippen molar-refractivity contribution in [3.63, 3.8) is 0 Å². The monoisotopic (exact) mass is 236 g/mol. The normalized spacial score (nSPS) is 21.4. The van der Waals surface area contributed by atoms with Crippen molar-refractivity contribution in [1.82, 2.24) is 10.6 Å². The first kappa shape index (κ1) is 11.7. The fraction of sp³-hybridized carbons (Fsp3) is 0.333. The van der Waals surface area contributed by atoms with Crippen LogP contribution in [0, 0.1) is 5.82 Å². The predicted molar refractivity (Wildman–Crippen MR) is 59.5 cm³/mol. The Balaban J connectivity index is 2.07. The number of benzene rings is 1. The van der Waals surface area contributed by atoms with Gasteiger partial charge in [-0.3, -0.25) is 20.2 Å². The number of nitrogens with one attached hydrogen (secondary N) is 2. The first-order chi connectivity index (χ1) is 8.08. The number of halogens is 1. The van der Waals surface area contributed by atoms with E-state index < -0.39 is 6.04 Å². The molecule has 2 amide bonds. The van der Waals surface area contributed by atoms with Crippen molar-refractivity contribution >= 4 is 11.8 Å². The molecule has 4 nitrogen and oxygen atoms in total. The Morgan fingerprint density at radius 1 is 1.41 bits per heavy atom. The molecule has 1 aromatic rings. The summed E-state index contributed by atoms with van der Waals surface area (Å²) in [7, 11) is 0. The summed E-state index contributed by atoms with van der Waals surface area (Å²) in [6, 6.07) is 5.47. The summed E-state index contributed by atoms with van der Waals surface area (Å²) in [4.78, 5) is 22.4. The molecule has 0 bridgehead atoms. The predicted octanol–water partition coefficient (Wildman–Crippen LogP) is 0.891. The van der Waals surface area contributed by atoms with Crippen LogP contribution in [0.4, 0.5) is 4.39 Å². The van der Waals surface area contributed by atoms with Gasteiger partial charge in [-0.1, -0.05) is 18.2 Å². The van der Waals surface area contributed by atoms with Crippen LogP contribution in [0.25, 0.3) is 0 Å². The number of amides is 2. The molecule has 0 saturated carbocycles. The first-order valence-electron chi connectivity index (χ1n) is 5.42. The summed E-state index contributed by atoms with van der Waals surface area (Å²) in [5, 5.41) is 5.15. The second kappa shape index (κ2) is 4.63. The van der Waals surface area contributed by atoms with E-state index in [1.807, 2.05) is 0 Å². The lowest BCUT2D eigenvalue weighted by Crippen LogP contribution is -2.38. The van der Waals surface area contributed by atoms with Crippen molar-refractivity contribution in [1.29, 1.82) is 0 Å². The first-order valence-corrected chi connectivity index (χ1v) is 5.42. The van der Waals surface area contributed by atoms with Crippen molar-refractivity contribution in [3.05, 3.63) is 35.6 Å². The zero-order valence-corrected chi connectivity index (χ0v) is 9.37. The highest BCUT2D eigenvalue weighted by molar-refractivity contribution is 6.05. The molecule has 0 aromatic heterocycles. The minimum absolute atomic E-state index is 0.109. The molecule has 17 heavy (non-hydrogen) atoms. The summed E-state index contributed by atoms with van der Waals surface area (Å²) in [6.07, 6.45) is 0.109. The van der Waals surface area contributed by atoms with E-state index in [0.29, 0.717) is 5.56 Å². The molecule has 0 aliphatic carbocycles. The number of imide groups is 1. The van der Waals surface area contributed by atoms with Gasteiger partial charge in [-0.15, -0.1) is 0 Å². The number of carbonyl (C=O) groups excluding carboxylic acids is 2.